The summed E-state index contributed by atoms with van der Waals surface area (Å²) in [6, 6.07) is 0. The van der Waals surface area contributed by atoms with E-state index >= 15 is 0 Å². The lowest BCUT2D eigenvalue weighted by molar-refractivity contribution is -0.313. The zero-order valence-electron chi connectivity index (χ0n) is 9.81. The number of nitrogens with zero attached hydrogens (tertiary/aromatic N) is 3. The summed E-state index contributed by atoms with van der Waals surface area (Å²) in [5.74, 6) is 0.880. The highest BCUT2D eigenvalue weighted by Crippen LogP contribution is 2.24. The first-order valence-electron chi connectivity index (χ1n) is 5.45. The van der Waals surface area contributed by atoms with Gasteiger partial charge in [-0.2, -0.15) is 11.8 Å². The Balaban J connectivity index is 1.91. The van der Waals surface area contributed by atoms with E-state index in [0.29, 0.717) is 17.9 Å². The van der Waals surface area contributed by atoms with Crippen molar-refractivity contribution >= 4 is 30.5 Å². The van der Waals surface area contributed by atoms with Crippen molar-refractivity contribution in [3.05, 3.63) is 23.0 Å². The number of rotatable bonds is 6. The molecule has 0 bridgehead atoms. The standard InChI is InChI=1S/C9H13N4O4PS/c14-9-7-8(10-5-11-9)13(6-12-7)1-3-19-4-2-18(15,16)17/h5-6H,1-4H2,(H,10,11,14)(H2,15,16,17)/p-2. The summed E-state index contributed by atoms with van der Waals surface area (Å²) in [4.78, 5) is 42.7. The molecule has 0 aliphatic heterocycles. The van der Waals surface area contributed by atoms with Crippen LogP contribution in [0.4, 0.5) is 0 Å². The zero-order valence-corrected chi connectivity index (χ0v) is 11.5. The van der Waals surface area contributed by atoms with Gasteiger partial charge in [0.05, 0.1) is 12.7 Å². The molecule has 0 unspecified atom stereocenters. The number of aryl methyl sites for hydroxylation is 1. The van der Waals surface area contributed by atoms with Crippen LogP contribution < -0.4 is 15.3 Å². The van der Waals surface area contributed by atoms with Crippen molar-refractivity contribution in [1.29, 1.82) is 0 Å². The highest BCUT2D eigenvalue weighted by Gasteiger charge is 2.06. The van der Waals surface area contributed by atoms with E-state index in [-0.39, 0.29) is 23.0 Å². The number of thioether (sulfide) groups is 1. The Morgan fingerprint density at radius 3 is 2.89 bits per heavy atom. The van der Waals surface area contributed by atoms with Gasteiger partial charge in [0.15, 0.2) is 11.2 Å². The van der Waals surface area contributed by atoms with Crippen LogP contribution in [-0.2, 0) is 11.1 Å². The Morgan fingerprint density at radius 2 is 2.16 bits per heavy atom. The van der Waals surface area contributed by atoms with Crippen molar-refractivity contribution in [2.75, 3.05) is 17.7 Å². The first-order chi connectivity index (χ1) is 8.97. The third-order valence-electron chi connectivity index (χ3n) is 2.39. The first-order valence-corrected chi connectivity index (χ1v) is 8.33. The van der Waals surface area contributed by atoms with Gasteiger partial charge in [0.1, 0.15) is 0 Å². The van der Waals surface area contributed by atoms with Crippen molar-refractivity contribution in [2.24, 2.45) is 0 Å². The van der Waals surface area contributed by atoms with Gasteiger partial charge in [0, 0.05) is 12.3 Å². The van der Waals surface area contributed by atoms with Crippen molar-refractivity contribution in [2.45, 2.75) is 6.54 Å². The second-order valence-corrected chi connectivity index (χ2v) is 6.68. The molecule has 0 aromatic carbocycles. The van der Waals surface area contributed by atoms with E-state index in [2.05, 4.69) is 15.0 Å². The lowest BCUT2D eigenvalue weighted by Crippen LogP contribution is -2.18. The minimum Gasteiger partial charge on any atom is -0.811 e. The van der Waals surface area contributed by atoms with Crippen LogP contribution in [0.3, 0.4) is 0 Å². The predicted molar refractivity (Wildman–Crippen MR) is 67.9 cm³/mol. The Labute approximate surface area is 112 Å². The molecule has 0 radical (unpaired) electrons. The van der Waals surface area contributed by atoms with Gasteiger partial charge in [-0.3, -0.25) is 4.79 Å². The van der Waals surface area contributed by atoms with Crippen LogP contribution >= 0.6 is 19.4 Å². The van der Waals surface area contributed by atoms with Gasteiger partial charge < -0.3 is 23.9 Å². The average Bonchev–Trinajstić information content (AvgIpc) is 2.72. The molecular formula is C9H11N4O4PS-2. The van der Waals surface area contributed by atoms with Gasteiger partial charge in [0.2, 0.25) is 0 Å². The maximum absolute atomic E-state index is 11.4. The van der Waals surface area contributed by atoms with E-state index in [9.17, 15) is 19.1 Å². The number of hydrogen-bond acceptors (Lipinski definition) is 7. The van der Waals surface area contributed by atoms with Gasteiger partial charge >= 0.3 is 0 Å². The molecule has 2 aromatic heterocycles. The fourth-order valence-electron chi connectivity index (χ4n) is 1.50. The molecule has 0 atom stereocenters. The van der Waals surface area contributed by atoms with E-state index < -0.39 is 7.60 Å². The van der Waals surface area contributed by atoms with E-state index in [1.54, 1.807) is 4.57 Å². The van der Waals surface area contributed by atoms with Crippen molar-refractivity contribution in [3.63, 3.8) is 0 Å². The minimum atomic E-state index is -4.41. The molecule has 8 nitrogen and oxygen atoms in total. The summed E-state index contributed by atoms with van der Waals surface area (Å²) in [6.07, 6.45) is 2.47. The summed E-state index contributed by atoms with van der Waals surface area (Å²) in [5.41, 5.74) is 0.467. The smallest absolute Gasteiger partial charge is 0.278 e. The second kappa shape index (κ2) is 5.87. The molecule has 19 heavy (non-hydrogen) atoms. The molecule has 0 spiro atoms. The van der Waals surface area contributed by atoms with Gasteiger partial charge in [-0.25, -0.2) is 9.97 Å². The predicted octanol–water partition coefficient (Wildman–Crippen LogP) is -1.23. The Bertz CT molecular complexity index is 664. The average molecular weight is 302 g/mol. The van der Waals surface area contributed by atoms with Crippen LogP contribution in [-0.4, -0.2) is 37.2 Å². The Kier molecular flexibility index (Phi) is 4.41. The first kappa shape index (κ1) is 14.3. The Hall–Kier alpha value is -1.15. The number of aromatic nitrogens is 4. The number of imidazole rings is 1. The number of hydrogen-bond donors (Lipinski definition) is 1. The number of aromatic amines is 1. The van der Waals surface area contributed by atoms with E-state index in [1.807, 2.05) is 0 Å². The summed E-state index contributed by atoms with van der Waals surface area (Å²) >= 11 is 1.36. The molecule has 2 heterocycles. The van der Waals surface area contributed by atoms with Gasteiger partial charge in [-0.05, 0) is 11.9 Å². The lowest BCUT2D eigenvalue weighted by atomic mass is 10.5. The Morgan fingerprint density at radius 1 is 1.37 bits per heavy atom. The molecule has 1 N–H and O–H groups in total. The van der Waals surface area contributed by atoms with E-state index in [4.69, 9.17) is 0 Å². The van der Waals surface area contributed by atoms with E-state index in [0.717, 1.165) is 0 Å². The molecule has 0 amide bonds. The molecular weight excluding hydrogens is 291 g/mol. The normalized spacial score (nSPS) is 12.1. The van der Waals surface area contributed by atoms with Crippen LogP contribution in [0.2, 0.25) is 0 Å². The third kappa shape index (κ3) is 3.90. The van der Waals surface area contributed by atoms with Crippen LogP contribution in [0.5, 0.6) is 0 Å². The topological polar surface area (TPSA) is 127 Å². The van der Waals surface area contributed by atoms with Gasteiger partial charge in [-0.1, -0.05) is 7.60 Å². The largest absolute Gasteiger partial charge is 0.811 e. The van der Waals surface area contributed by atoms with Crippen LogP contribution in [0, 0.1) is 0 Å². The van der Waals surface area contributed by atoms with Crippen LogP contribution in [0.1, 0.15) is 0 Å². The molecule has 10 heteroatoms. The van der Waals surface area contributed by atoms with Gasteiger partial charge in [0.25, 0.3) is 5.56 Å². The van der Waals surface area contributed by atoms with Crippen LogP contribution in [0.15, 0.2) is 17.4 Å². The SMILES string of the molecule is O=c1[nH]cnc2c1ncn2CCSCCP(=O)([O-])[O-]. The lowest BCUT2D eigenvalue weighted by Gasteiger charge is -2.28. The third-order valence-corrected chi connectivity index (χ3v) is 4.43. The minimum absolute atomic E-state index is 0.269. The molecule has 2 aromatic rings. The fourth-order valence-corrected chi connectivity index (χ4v) is 3.44. The van der Waals surface area contributed by atoms with Crippen LogP contribution in [0.25, 0.3) is 11.2 Å². The van der Waals surface area contributed by atoms with Crippen molar-refractivity contribution in [1.82, 2.24) is 19.5 Å². The van der Waals surface area contributed by atoms with Crippen molar-refractivity contribution < 1.29 is 14.4 Å². The highest BCUT2D eigenvalue weighted by molar-refractivity contribution is 7.99. The molecule has 0 aliphatic rings. The molecule has 2 rings (SSSR count). The molecule has 0 aliphatic carbocycles. The highest BCUT2D eigenvalue weighted by atomic mass is 32.2. The number of H-pyrrole nitrogens is 1. The summed E-state index contributed by atoms with van der Waals surface area (Å²) in [5, 5.41) is 0. The number of fused-ring (bicyclic) bond motifs is 1. The summed E-state index contributed by atoms with van der Waals surface area (Å²) in [7, 11) is -4.41. The zero-order chi connectivity index (χ0) is 13.9. The number of nitrogens with one attached hydrogen (secondary N) is 1. The maximum Gasteiger partial charge on any atom is 0.278 e. The summed E-state index contributed by atoms with van der Waals surface area (Å²) < 4.78 is 12.1. The fraction of sp³-hybridized carbons (Fsp3) is 0.444. The quantitative estimate of drug-likeness (QED) is 0.522. The molecule has 0 saturated carbocycles. The molecule has 0 saturated heterocycles. The molecule has 0 fully saturated rings. The second-order valence-electron chi connectivity index (χ2n) is 3.79. The summed E-state index contributed by atoms with van der Waals surface area (Å²) in [6.45, 7) is 0.541. The van der Waals surface area contributed by atoms with Gasteiger partial charge in [-0.15, -0.1) is 0 Å². The maximum atomic E-state index is 11.4. The van der Waals surface area contributed by atoms with E-state index in [1.165, 1.54) is 24.4 Å². The monoisotopic (exact) mass is 302 g/mol. The van der Waals surface area contributed by atoms with Crippen molar-refractivity contribution in [3.8, 4) is 0 Å². The molecule has 104 valence electrons.